The van der Waals surface area contributed by atoms with E-state index in [2.05, 4.69) is 10.2 Å². The van der Waals surface area contributed by atoms with Crippen molar-refractivity contribution >= 4 is 17.5 Å². The van der Waals surface area contributed by atoms with Gasteiger partial charge in [-0.1, -0.05) is 11.6 Å². The summed E-state index contributed by atoms with van der Waals surface area (Å²) < 4.78 is 19.0. The number of carbonyl (C=O) groups is 1. The molecule has 0 spiro atoms. The molecule has 0 aliphatic carbocycles. The molecule has 0 bridgehead atoms. The van der Waals surface area contributed by atoms with Crippen LogP contribution in [0, 0.1) is 12.7 Å². The third-order valence-electron chi connectivity index (χ3n) is 3.89. The highest BCUT2D eigenvalue weighted by atomic mass is 35.5. The van der Waals surface area contributed by atoms with Gasteiger partial charge in [0, 0.05) is 12.6 Å². The molecule has 1 aliphatic heterocycles. The number of hydrogen-bond acceptors (Lipinski definition) is 4. The molecular formula is C17H17ClFN3O2. The van der Waals surface area contributed by atoms with Crippen molar-refractivity contribution in [2.75, 3.05) is 13.1 Å². The molecule has 0 saturated carbocycles. The maximum absolute atomic E-state index is 13.1. The lowest BCUT2D eigenvalue weighted by molar-refractivity contribution is 0.0525. The Morgan fingerprint density at radius 2 is 2.17 bits per heavy atom. The molecule has 0 radical (unpaired) electrons. The van der Waals surface area contributed by atoms with Crippen LogP contribution in [0.25, 0.3) is 0 Å². The Morgan fingerprint density at radius 3 is 2.88 bits per heavy atom. The molecule has 5 nitrogen and oxygen atoms in total. The molecule has 0 N–H and O–H groups in total. The molecule has 1 unspecified atom stereocenters. The van der Waals surface area contributed by atoms with Crippen LogP contribution in [0.3, 0.4) is 0 Å². The Morgan fingerprint density at radius 1 is 1.33 bits per heavy atom. The number of rotatable bonds is 3. The number of carbonyl (C=O) groups excluding carboxylic acids is 1. The molecule has 1 amide bonds. The normalized spacial score (nSPS) is 17.6. The van der Waals surface area contributed by atoms with Gasteiger partial charge in [-0.15, -0.1) is 5.10 Å². The summed E-state index contributed by atoms with van der Waals surface area (Å²) in [5.74, 6) is -0.239. The standard InChI is InChI=1S/C17H17ClFN3O2/c1-11-4-7-16(21-20-11)24-13-3-2-8-22(10-13)17(23)14-6-5-12(19)9-15(14)18/h4-7,9,13H,2-3,8,10H2,1H3. The number of likely N-dealkylation sites (tertiary alicyclic amines) is 1. The predicted octanol–water partition coefficient (Wildman–Crippen LogP) is 3.26. The summed E-state index contributed by atoms with van der Waals surface area (Å²) in [6.45, 7) is 2.90. The van der Waals surface area contributed by atoms with Gasteiger partial charge in [-0.3, -0.25) is 4.79 Å². The molecule has 2 heterocycles. The van der Waals surface area contributed by atoms with Crippen molar-refractivity contribution in [2.24, 2.45) is 0 Å². The van der Waals surface area contributed by atoms with Crippen LogP contribution in [0.2, 0.25) is 5.02 Å². The molecule has 2 aromatic rings. The van der Waals surface area contributed by atoms with Gasteiger partial charge in [-0.2, -0.15) is 5.10 Å². The second-order valence-corrected chi connectivity index (χ2v) is 6.18. The monoisotopic (exact) mass is 349 g/mol. The molecule has 1 aromatic heterocycles. The minimum Gasteiger partial charge on any atom is -0.471 e. The molecule has 1 saturated heterocycles. The Kier molecular flexibility index (Phi) is 4.94. The first kappa shape index (κ1) is 16.6. The Hall–Kier alpha value is -2.21. The average molecular weight is 350 g/mol. The van der Waals surface area contributed by atoms with Crippen molar-refractivity contribution in [1.29, 1.82) is 0 Å². The molecule has 1 atom stereocenters. The van der Waals surface area contributed by atoms with E-state index in [1.54, 1.807) is 11.0 Å². The zero-order valence-corrected chi connectivity index (χ0v) is 14.0. The first-order valence-corrected chi connectivity index (χ1v) is 8.12. The molecule has 3 rings (SSSR count). The third-order valence-corrected chi connectivity index (χ3v) is 4.20. The van der Waals surface area contributed by atoms with Crippen molar-refractivity contribution in [3.63, 3.8) is 0 Å². The van der Waals surface area contributed by atoms with Crippen molar-refractivity contribution in [2.45, 2.75) is 25.9 Å². The zero-order chi connectivity index (χ0) is 17.1. The van der Waals surface area contributed by atoms with E-state index in [1.165, 1.54) is 12.1 Å². The fourth-order valence-electron chi connectivity index (χ4n) is 2.67. The number of hydrogen-bond donors (Lipinski definition) is 0. The smallest absolute Gasteiger partial charge is 0.255 e. The minimum absolute atomic E-state index is 0.118. The number of aryl methyl sites for hydroxylation is 1. The summed E-state index contributed by atoms with van der Waals surface area (Å²) in [7, 11) is 0. The van der Waals surface area contributed by atoms with Crippen LogP contribution in [0.4, 0.5) is 4.39 Å². The van der Waals surface area contributed by atoms with E-state index in [9.17, 15) is 9.18 Å². The Balaban J connectivity index is 1.68. The first-order chi connectivity index (χ1) is 11.5. The number of amides is 1. The lowest BCUT2D eigenvalue weighted by atomic mass is 10.1. The molecule has 1 aliphatic rings. The highest BCUT2D eigenvalue weighted by Crippen LogP contribution is 2.22. The van der Waals surface area contributed by atoms with Gasteiger partial charge in [0.1, 0.15) is 11.9 Å². The van der Waals surface area contributed by atoms with E-state index in [0.29, 0.717) is 24.5 Å². The highest BCUT2D eigenvalue weighted by Gasteiger charge is 2.27. The summed E-state index contributed by atoms with van der Waals surface area (Å²) >= 11 is 5.99. The number of aromatic nitrogens is 2. The van der Waals surface area contributed by atoms with E-state index in [0.717, 1.165) is 24.6 Å². The molecular weight excluding hydrogens is 333 g/mol. The molecule has 1 aromatic carbocycles. The Labute approximate surface area is 144 Å². The van der Waals surface area contributed by atoms with Gasteiger partial charge in [-0.25, -0.2) is 4.39 Å². The van der Waals surface area contributed by atoms with Gasteiger partial charge < -0.3 is 9.64 Å². The summed E-state index contributed by atoms with van der Waals surface area (Å²) in [4.78, 5) is 14.3. The van der Waals surface area contributed by atoms with Gasteiger partial charge in [-0.05, 0) is 44.0 Å². The summed E-state index contributed by atoms with van der Waals surface area (Å²) in [5.41, 5.74) is 1.11. The van der Waals surface area contributed by atoms with Gasteiger partial charge in [0.15, 0.2) is 0 Å². The molecule has 7 heteroatoms. The number of piperidine rings is 1. The van der Waals surface area contributed by atoms with Crippen LogP contribution < -0.4 is 4.74 Å². The van der Waals surface area contributed by atoms with Gasteiger partial charge >= 0.3 is 0 Å². The lowest BCUT2D eigenvalue weighted by Crippen LogP contribution is -2.44. The number of benzene rings is 1. The highest BCUT2D eigenvalue weighted by molar-refractivity contribution is 6.33. The van der Waals surface area contributed by atoms with Crippen molar-refractivity contribution < 1.29 is 13.9 Å². The van der Waals surface area contributed by atoms with Crippen molar-refractivity contribution in [3.8, 4) is 5.88 Å². The minimum atomic E-state index is -0.464. The topological polar surface area (TPSA) is 55.3 Å². The van der Waals surface area contributed by atoms with E-state index in [4.69, 9.17) is 16.3 Å². The van der Waals surface area contributed by atoms with E-state index in [-0.39, 0.29) is 17.0 Å². The van der Waals surface area contributed by atoms with Crippen LogP contribution in [0.15, 0.2) is 30.3 Å². The maximum atomic E-state index is 13.1. The van der Waals surface area contributed by atoms with Crippen LogP contribution >= 0.6 is 11.6 Å². The molecule has 126 valence electrons. The van der Waals surface area contributed by atoms with Crippen molar-refractivity contribution in [1.82, 2.24) is 15.1 Å². The summed E-state index contributed by atoms with van der Waals surface area (Å²) in [6, 6.07) is 7.38. The summed E-state index contributed by atoms with van der Waals surface area (Å²) in [5, 5.41) is 8.06. The fourth-order valence-corrected chi connectivity index (χ4v) is 2.92. The first-order valence-electron chi connectivity index (χ1n) is 7.74. The van der Waals surface area contributed by atoms with Gasteiger partial charge in [0.25, 0.3) is 5.91 Å². The van der Waals surface area contributed by atoms with Crippen LogP contribution in [0.1, 0.15) is 28.9 Å². The average Bonchev–Trinajstić information content (AvgIpc) is 2.57. The fraction of sp³-hybridized carbons (Fsp3) is 0.353. The zero-order valence-electron chi connectivity index (χ0n) is 13.2. The molecule has 24 heavy (non-hydrogen) atoms. The van der Waals surface area contributed by atoms with E-state index >= 15 is 0 Å². The van der Waals surface area contributed by atoms with E-state index in [1.807, 2.05) is 13.0 Å². The van der Waals surface area contributed by atoms with E-state index < -0.39 is 5.82 Å². The largest absolute Gasteiger partial charge is 0.471 e. The SMILES string of the molecule is Cc1ccc(OC2CCCN(C(=O)c3ccc(F)cc3Cl)C2)nn1. The van der Waals surface area contributed by atoms with Gasteiger partial charge in [0.05, 0.1) is 22.8 Å². The molecule has 1 fully saturated rings. The van der Waals surface area contributed by atoms with Crippen LogP contribution in [0.5, 0.6) is 5.88 Å². The summed E-state index contributed by atoms with van der Waals surface area (Å²) in [6.07, 6.45) is 1.49. The quantitative estimate of drug-likeness (QED) is 0.853. The maximum Gasteiger partial charge on any atom is 0.255 e. The number of halogens is 2. The Bertz CT molecular complexity index is 739. The third kappa shape index (κ3) is 3.82. The van der Waals surface area contributed by atoms with Crippen LogP contribution in [-0.2, 0) is 0 Å². The number of nitrogens with zero attached hydrogens (tertiary/aromatic N) is 3. The number of ether oxygens (including phenoxy) is 1. The predicted molar refractivity (Wildman–Crippen MR) is 87.7 cm³/mol. The van der Waals surface area contributed by atoms with Crippen molar-refractivity contribution in [3.05, 3.63) is 52.4 Å². The second-order valence-electron chi connectivity index (χ2n) is 5.77. The van der Waals surface area contributed by atoms with Gasteiger partial charge in [0.2, 0.25) is 5.88 Å². The lowest BCUT2D eigenvalue weighted by Gasteiger charge is -2.32. The van der Waals surface area contributed by atoms with Crippen LogP contribution in [-0.4, -0.2) is 40.2 Å². The second kappa shape index (κ2) is 7.13.